The SMILES string of the molecule is CCOC(=O)c1cccc(OCC2CCCCN2C)c1N. The lowest BCUT2D eigenvalue weighted by atomic mass is 10.0. The first-order valence-corrected chi connectivity index (χ1v) is 7.52. The molecule has 1 aromatic carbocycles. The maximum Gasteiger partial charge on any atom is 0.340 e. The number of rotatable bonds is 5. The van der Waals surface area contributed by atoms with Crippen molar-refractivity contribution in [2.75, 3.05) is 32.5 Å². The van der Waals surface area contributed by atoms with Crippen LogP contribution in [0.25, 0.3) is 0 Å². The van der Waals surface area contributed by atoms with Gasteiger partial charge in [0.25, 0.3) is 0 Å². The van der Waals surface area contributed by atoms with Gasteiger partial charge in [0.05, 0.1) is 17.9 Å². The lowest BCUT2D eigenvalue weighted by Gasteiger charge is -2.32. The number of carbonyl (C=O) groups excluding carboxylic acids is 1. The summed E-state index contributed by atoms with van der Waals surface area (Å²) in [6.07, 6.45) is 3.61. The van der Waals surface area contributed by atoms with Crippen molar-refractivity contribution >= 4 is 11.7 Å². The zero-order valence-corrected chi connectivity index (χ0v) is 12.8. The van der Waals surface area contributed by atoms with Crippen LogP contribution in [0.3, 0.4) is 0 Å². The summed E-state index contributed by atoms with van der Waals surface area (Å²) in [5, 5.41) is 0. The van der Waals surface area contributed by atoms with Crippen LogP contribution in [-0.4, -0.2) is 43.7 Å². The molecule has 2 rings (SSSR count). The molecular formula is C16H24N2O3. The van der Waals surface area contributed by atoms with Crippen LogP contribution in [-0.2, 0) is 4.74 Å². The second-order valence-corrected chi connectivity index (χ2v) is 5.38. The van der Waals surface area contributed by atoms with E-state index < -0.39 is 5.97 Å². The number of piperidine rings is 1. The molecule has 1 aliphatic rings. The minimum Gasteiger partial charge on any atom is -0.490 e. The minimum atomic E-state index is -0.407. The third-order valence-electron chi connectivity index (χ3n) is 3.91. The highest BCUT2D eigenvalue weighted by Gasteiger charge is 2.20. The number of hydrogen-bond donors (Lipinski definition) is 1. The quantitative estimate of drug-likeness (QED) is 0.666. The zero-order chi connectivity index (χ0) is 15.2. The second-order valence-electron chi connectivity index (χ2n) is 5.38. The molecular weight excluding hydrogens is 268 g/mol. The highest BCUT2D eigenvalue weighted by Crippen LogP contribution is 2.27. The predicted molar refractivity (Wildman–Crippen MR) is 82.6 cm³/mol. The van der Waals surface area contributed by atoms with E-state index in [9.17, 15) is 4.79 Å². The van der Waals surface area contributed by atoms with Gasteiger partial charge in [0, 0.05) is 6.04 Å². The van der Waals surface area contributed by atoms with Gasteiger partial charge in [-0.05, 0) is 45.5 Å². The fourth-order valence-electron chi connectivity index (χ4n) is 2.60. The summed E-state index contributed by atoms with van der Waals surface area (Å²) in [5.41, 5.74) is 6.75. The molecule has 21 heavy (non-hydrogen) atoms. The Bertz CT molecular complexity index is 490. The molecule has 0 aliphatic carbocycles. The van der Waals surface area contributed by atoms with E-state index in [2.05, 4.69) is 11.9 Å². The largest absolute Gasteiger partial charge is 0.490 e. The summed E-state index contributed by atoms with van der Waals surface area (Å²) in [6.45, 7) is 3.79. The summed E-state index contributed by atoms with van der Waals surface area (Å²) in [5.74, 6) is 0.148. The number of esters is 1. The van der Waals surface area contributed by atoms with Crippen molar-refractivity contribution in [3.05, 3.63) is 23.8 Å². The fourth-order valence-corrected chi connectivity index (χ4v) is 2.60. The van der Waals surface area contributed by atoms with Gasteiger partial charge in [-0.25, -0.2) is 4.79 Å². The normalized spacial score (nSPS) is 19.2. The Morgan fingerprint density at radius 1 is 1.43 bits per heavy atom. The van der Waals surface area contributed by atoms with Crippen LogP contribution in [0, 0.1) is 0 Å². The van der Waals surface area contributed by atoms with Crippen molar-refractivity contribution in [1.29, 1.82) is 0 Å². The van der Waals surface area contributed by atoms with Crippen LogP contribution in [0.1, 0.15) is 36.5 Å². The van der Waals surface area contributed by atoms with Gasteiger partial charge in [-0.1, -0.05) is 12.5 Å². The number of ether oxygens (including phenoxy) is 2. The number of nitrogens with zero attached hydrogens (tertiary/aromatic N) is 1. The first kappa shape index (κ1) is 15.6. The molecule has 0 aromatic heterocycles. The lowest BCUT2D eigenvalue weighted by Crippen LogP contribution is -2.40. The highest BCUT2D eigenvalue weighted by atomic mass is 16.5. The topological polar surface area (TPSA) is 64.8 Å². The fraction of sp³-hybridized carbons (Fsp3) is 0.562. The van der Waals surface area contributed by atoms with Crippen molar-refractivity contribution in [2.24, 2.45) is 0 Å². The van der Waals surface area contributed by atoms with Gasteiger partial charge >= 0.3 is 5.97 Å². The average Bonchev–Trinajstić information content (AvgIpc) is 2.48. The molecule has 0 radical (unpaired) electrons. The molecule has 5 nitrogen and oxygen atoms in total. The average molecular weight is 292 g/mol. The number of carbonyl (C=O) groups is 1. The third kappa shape index (κ3) is 3.88. The molecule has 1 heterocycles. The number of nitrogens with two attached hydrogens (primary N) is 1. The standard InChI is InChI=1S/C16H24N2O3/c1-3-20-16(19)13-8-6-9-14(15(13)17)21-11-12-7-4-5-10-18(12)2/h6,8-9,12H,3-5,7,10-11,17H2,1-2H3. The van der Waals surface area contributed by atoms with E-state index in [1.54, 1.807) is 25.1 Å². The smallest absolute Gasteiger partial charge is 0.340 e. The Labute approximate surface area is 126 Å². The van der Waals surface area contributed by atoms with Crippen LogP contribution < -0.4 is 10.5 Å². The molecule has 0 saturated carbocycles. The van der Waals surface area contributed by atoms with E-state index in [1.165, 1.54) is 12.8 Å². The second kappa shape index (κ2) is 7.31. The number of para-hydroxylation sites is 1. The molecule has 0 bridgehead atoms. The molecule has 1 saturated heterocycles. The number of likely N-dealkylation sites (N-methyl/N-ethyl adjacent to an activating group) is 1. The molecule has 116 valence electrons. The van der Waals surface area contributed by atoms with E-state index in [-0.39, 0.29) is 0 Å². The van der Waals surface area contributed by atoms with Crippen molar-refractivity contribution < 1.29 is 14.3 Å². The van der Waals surface area contributed by atoms with Crippen LogP contribution >= 0.6 is 0 Å². The summed E-state index contributed by atoms with van der Waals surface area (Å²) in [6, 6.07) is 5.63. The highest BCUT2D eigenvalue weighted by molar-refractivity contribution is 5.96. The molecule has 1 unspecified atom stereocenters. The number of hydrogen-bond acceptors (Lipinski definition) is 5. The van der Waals surface area contributed by atoms with Crippen LogP contribution in [0.2, 0.25) is 0 Å². The van der Waals surface area contributed by atoms with E-state index in [0.29, 0.717) is 36.3 Å². The Morgan fingerprint density at radius 3 is 2.95 bits per heavy atom. The zero-order valence-electron chi connectivity index (χ0n) is 12.8. The maximum absolute atomic E-state index is 11.8. The van der Waals surface area contributed by atoms with Gasteiger partial charge < -0.3 is 20.1 Å². The van der Waals surface area contributed by atoms with Gasteiger partial charge in [-0.3, -0.25) is 0 Å². The van der Waals surface area contributed by atoms with Crippen molar-refractivity contribution in [2.45, 2.75) is 32.2 Å². The van der Waals surface area contributed by atoms with Crippen molar-refractivity contribution in [3.63, 3.8) is 0 Å². The summed E-state index contributed by atoms with van der Waals surface area (Å²) >= 11 is 0. The lowest BCUT2D eigenvalue weighted by molar-refractivity contribution is 0.0527. The summed E-state index contributed by atoms with van der Waals surface area (Å²) in [4.78, 5) is 14.1. The number of likely N-dealkylation sites (tertiary alicyclic amines) is 1. The number of nitrogen functional groups attached to an aromatic ring is 1. The van der Waals surface area contributed by atoms with Gasteiger partial charge in [0.2, 0.25) is 0 Å². The number of anilines is 1. The van der Waals surface area contributed by atoms with E-state index >= 15 is 0 Å². The monoisotopic (exact) mass is 292 g/mol. The Kier molecular flexibility index (Phi) is 5.44. The first-order chi connectivity index (χ1) is 10.1. The molecule has 0 spiro atoms. The Morgan fingerprint density at radius 2 is 2.24 bits per heavy atom. The van der Waals surface area contributed by atoms with Crippen LogP contribution in [0.15, 0.2) is 18.2 Å². The summed E-state index contributed by atoms with van der Waals surface area (Å²) < 4.78 is 10.8. The molecule has 1 fully saturated rings. The first-order valence-electron chi connectivity index (χ1n) is 7.52. The Balaban J connectivity index is 2.03. The van der Waals surface area contributed by atoms with Crippen LogP contribution in [0.4, 0.5) is 5.69 Å². The summed E-state index contributed by atoms with van der Waals surface area (Å²) in [7, 11) is 2.12. The van der Waals surface area contributed by atoms with E-state index in [1.807, 2.05) is 0 Å². The molecule has 1 atom stereocenters. The minimum absolute atomic E-state index is 0.330. The third-order valence-corrected chi connectivity index (χ3v) is 3.91. The van der Waals surface area contributed by atoms with Gasteiger partial charge in [-0.2, -0.15) is 0 Å². The molecule has 2 N–H and O–H groups in total. The van der Waals surface area contributed by atoms with Crippen LogP contribution in [0.5, 0.6) is 5.75 Å². The van der Waals surface area contributed by atoms with E-state index in [4.69, 9.17) is 15.2 Å². The maximum atomic E-state index is 11.8. The Hall–Kier alpha value is -1.75. The predicted octanol–water partition coefficient (Wildman–Crippen LogP) is 2.31. The van der Waals surface area contributed by atoms with Gasteiger partial charge in [0.15, 0.2) is 0 Å². The molecule has 1 aliphatic heterocycles. The molecule has 0 amide bonds. The van der Waals surface area contributed by atoms with Crippen molar-refractivity contribution in [1.82, 2.24) is 4.90 Å². The van der Waals surface area contributed by atoms with Gasteiger partial charge in [0.1, 0.15) is 12.4 Å². The van der Waals surface area contributed by atoms with E-state index in [0.717, 1.165) is 13.0 Å². The molecule has 5 heteroatoms. The van der Waals surface area contributed by atoms with Crippen molar-refractivity contribution in [3.8, 4) is 5.75 Å². The molecule has 1 aromatic rings. The number of benzene rings is 1. The van der Waals surface area contributed by atoms with Gasteiger partial charge in [-0.15, -0.1) is 0 Å².